The van der Waals surface area contributed by atoms with E-state index < -0.39 is 17.4 Å². The lowest BCUT2D eigenvalue weighted by Crippen LogP contribution is -2.36. The van der Waals surface area contributed by atoms with E-state index in [-0.39, 0.29) is 25.0 Å². The van der Waals surface area contributed by atoms with Crippen LogP contribution in [0.1, 0.15) is 12.5 Å². The average Bonchev–Trinajstić information content (AvgIpc) is 2.84. The second-order valence-corrected chi connectivity index (χ2v) is 4.27. The zero-order valence-corrected chi connectivity index (χ0v) is 8.91. The molecule has 7 heteroatoms. The molecule has 0 bridgehead atoms. The number of fused-ring (bicyclic) bond motifs is 1. The highest BCUT2D eigenvalue weighted by Gasteiger charge is 2.48. The first-order valence-corrected chi connectivity index (χ1v) is 5.39. The molecule has 2 aliphatic rings. The van der Waals surface area contributed by atoms with Gasteiger partial charge in [0.25, 0.3) is 5.56 Å². The van der Waals surface area contributed by atoms with E-state index in [0.29, 0.717) is 6.42 Å². The van der Waals surface area contributed by atoms with Crippen molar-refractivity contribution >= 4 is 0 Å². The molecule has 2 heterocycles. The van der Waals surface area contributed by atoms with Crippen molar-refractivity contribution in [1.82, 2.24) is 9.55 Å². The summed E-state index contributed by atoms with van der Waals surface area (Å²) in [6, 6.07) is 0.971. The standard InChI is InChI=1S/C10H12N2O5/c13-6-3-5(8-9(6)17-4-16-8)12-2-1-7(14)11-10(12)15/h1-2,5-6,8-9,13H,3-4H2,(H,11,14,15)/t5-,6+,8?,9?/m1/s1. The van der Waals surface area contributed by atoms with Crippen molar-refractivity contribution in [3.05, 3.63) is 33.1 Å². The molecule has 0 aromatic carbocycles. The molecule has 1 saturated carbocycles. The molecule has 2 N–H and O–H groups in total. The Labute approximate surface area is 95.6 Å². The lowest BCUT2D eigenvalue weighted by Gasteiger charge is -2.18. The van der Waals surface area contributed by atoms with Crippen molar-refractivity contribution in [3.8, 4) is 0 Å². The van der Waals surface area contributed by atoms with Crippen LogP contribution in [0.15, 0.2) is 21.9 Å². The van der Waals surface area contributed by atoms with Gasteiger partial charge in [0.15, 0.2) is 0 Å². The highest BCUT2D eigenvalue weighted by molar-refractivity contribution is 5.00. The van der Waals surface area contributed by atoms with E-state index in [1.807, 2.05) is 0 Å². The number of aromatic amines is 1. The molecule has 1 aromatic rings. The van der Waals surface area contributed by atoms with Crippen LogP contribution in [-0.4, -0.2) is 39.8 Å². The van der Waals surface area contributed by atoms with Crippen LogP contribution in [0.4, 0.5) is 0 Å². The predicted octanol–water partition coefficient (Wildman–Crippen LogP) is -1.42. The fraction of sp³-hybridized carbons (Fsp3) is 0.600. The Kier molecular flexibility index (Phi) is 2.39. The Morgan fingerprint density at radius 1 is 1.35 bits per heavy atom. The molecule has 4 atom stereocenters. The second-order valence-electron chi connectivity index (χ2n) is 4.27. The minimum Gasteiger partial charge on any atom is -0.390 e. The van der Waals surface area contributed by atoms with E-state index in [1.54, 1.807) is 0 Å². The molecule has 3 rings (SSSR count). The van der Waals surface area contributed by atoms with Gasteiger partial charge in [-0.2, -0.15) is 0 Å². The molecule has 0 amide bonds. The van der Waals surface area contributed by atoms with Gasteiger partial charge in [-0.05, 0) is 6.42 Å². The molecular formula is C10H12N2O5. The maximum Gasteiger partial charge on any atom is 0.328 e. The summed E-state index contributed by atoms with van der Waals surface area (Å²) in [6.45, 7) is 0.126. The molecule has 1 saturated heterocycles. The summed E-state index contributed by atoms with van der Waals surface area (Å²) in [6.07, 6.45) is 0.419. The smallest absolute Gasteiger partial charge is 0.328 e. The Morgan fingerprint density at radius 3 is 2.88 bits per heavy atom. The number of aromatic nitrogens is 2. The van der Waals surface area contributed by atoms with E-state index in [4.69, 9.17) is 9.47 Å². The molecule has 17 heavy (non-hydrogen) atoms. The van der Waals surface area contributed by atoms with E-state index in [1.165, 1.54) is 16.8 Å². The molecule has 2 unspecified atom stereocenters. The highest BCUT2D eigenvalue weighted by Crippen LogP contribution is 2.37. The Hall–Kier alpha value is -1.44. The molecule has 92 valence electrons. The monoisotopic (exact) mass is 240 g/mol. The normalized spacial score (nSPS) is 36.1. The minimum atomic E-state index is -0.647. The zero-order chi connectivity index (χ0) is 12.0. The number of H-pyrrole nitrogens is 1. The van der Waals surface area contributed by atoms with Crippen LogP contribution in [0.25, 0.3) is 0 Å². The number of nitrogens with zero attached hydrogens (tertiary/aromatic N) is 1. The molecular weight excluding hydrogens is 228 g/mol. The summed E-state index contributed by atoms with van der Waals surface area (Å²) in [5.74, 6) is 0. The number of rotatable bonds is 1. The van der Waals surface area contributed by atoms with Gasteiger partial charge in [0.2, 0.25) is 0 Å². The molecule has 7 nitrogen and oxygen atoms in total. The quantitative estimate of drug-likeness (QED) is 0.628. The number of hydrogen-bond acceptors (Lipinski definition) is 5. The van der Waals surface area contributed by atoms with Crippen molar-refractivity contribution in [2.75, 3.05) is 6.79 Å². The van der Waals surface area contributed by atoms with Crippen LogP contribution < -0.4 is 11.2 Å². The van der Waals surface area contributed by atoms with Crippen molar-refractivity contribution in [1.29, 1.82) is 0 Å². The van der Waals surface area contributed by atoms with Crippen LogP contribution in [0, 0.1) is 0 Å². The summed E-state index contributed by atoms with van der Waals surface area (Å²) in [5.41, 5.74) is -0.934. The van der Waals surface area contributed by atoms with E-state index in [2.05, 4.69) is 4.98 Å². The molecule has 2 fully saturated rings. The van der Waals surface area contributed by atoms with Crippen molar-refractivity contribution in [2.45, 2.75) is 30.8 Å². The zero-order valence-electron chi connectivity index (χ0n) is 8.91. The largest absolute Gasteiger partial charge is 0.390 e. The third-order valence-corrected chi connectivity index (χ3v) is 3.29. The summed E-state index contributed by atoms with van der Waals surface area (Å²) >= 11 is 0. The predicted molar refractivity (Wildman–Crippen MR) is 55.6 cm³/mol. The third kappa shape index (κ3) is 1.63. The van der Waals surface area contributed by atoms with E-state index in [0.717, 1.165) is 0 Å². The van der Waals surface area contributed by atoms with Crippen molar-refractivity contribution in [3.63, 3.8) is 0 Å². The fourth-order valence-electron chi connectivity index (χ4n) is 2.52. The Balaban J connectivity index is 1.99. The van der Waals surface area contributed by atoms with Gasteiger partial charge < -0.3 is 14.6 Å². The van der Waals surface area contributed by atoms with Crippen molar-refractivity contribution < 1.29 is 14.6 Å². The summed E-state index contributed by atoms with van der Waals surface area (Å²) in [5, 5.41) is 9.78. The first kappa shape index (κ1) is 10.7. The lowest BCUT2D eigenvalue weighted by molar-refractivity contribution is -0.0152. The number of nitrogens with one attached hydrogen (secondary N) is 1. The maximum absolute atomic E-state index is 11.7. The van der Waals surface area contributed by atoms with Crippen molar-refractivity contribution in [2.24, 2.45) is 0 Å². The maximum atomic E-state index is 11.7. The van der Waals surface area contributed by atoms with Crippen LogP contribution in [-0.2, 0) is 9.47 Å². The Bertz CT molecular complexity index is 536. The van der Waals surface area contributed by atoms with Crippen LogP contribution >= 0.6 is 0 Å². The van der Waals surface area contributed by atoms with Gasteiger partial charge in [-0.3, -0.25) is 14.3 Å². The number of aliphatic hydroxyl groups excluding tert-OH is 1. The third-order valence-electron chi connectivity index (χ3n) is 3.29. The average molecular weight is 240 g/mol. The van der Waals surface area contributed by atoms with Gasteiger partial charge in [0, 0.05) is 12.3 Å². The van der Waals surface area contributed by atoms with Gasteiger partial charge >= 0.3 is 5.69 Å². The lowest BCUT2D eigenvalue weighted by atomic mass is 10.2. The number of ether oxygens (including phenoxy) is 2. The topological polar surface area (TPSA) is 93.6 Å². The molecule has 0 spiro atoms. The van der Waals surface area contributed by atoms with Gasteiger partial charge in [-0.15, -0.1) is 0 Å². The SMILES string of the molecule is O=c1ccn([C@@H]2C[C@H](O)C3OCOC32)c(=O)[nH]1. The van der Waals surface area contributed by atoms with E-state index in [9.17, 15) is 14.7 Å². The highest BCUT2D eigenvalue weighted by atomic mass is 16.7. The molecule has 1 aliphatic heterocycles. The van der Waals surface area contributed by atoms with E-state index >= 15 is 0 Å². The molecule has 1 aliphatic carbocycles. The second kappa shape index (κ2) is 3.80. The summed E-state index contributed by atoms with van der Waals surface area (Å²) in [7, 11) is 0. The molecule has 1 aromatic heterocycles. The van der Waals surface area contributed by atoms with Gasteiger partial charge in [0.05, 0.1) is 12.1 Å². The summed E-state index contributed by atoms with van der Waals surface area (Å²) < 4.78 is 12.0. The van der Waals surface area contributed by atoms with Gasteiger partial charge in [-0.25, -0.2) is 4.79 Å². The van der Waals surface area contributed by atoms with Crippen LogP contribution in [0.5, 0.6) is 0 Å². The van der Waals surface area contributed by atoms with Crippen LogP contribution in [0.2, 0.25) is 0 Å². The molecule has 0 radical (unpaired) electrons. The van der Waals surface area contributed by atoms with Gasteiger partial charge in [0.1, 0.15) is 19.0 Å². The van der Waals surface area contributed by atoms with Crippen LogP contribution in [0.3, 0.4) is 0 Å². The first-order chi connectivity index (χ1) is 8.16. The number of aliphatic hydroxyl groups is 1. The fourth-order valence-corrected chi connectivity index (χ4v) is 2.52. The first-order valence-electron chi connectivity index (χ1n) is 5.39. The van der Waals surface area contributed by atoms with Gasteiger partial charge in [-0.1, -0.05) is 0 Å². The Morgan fingerprint density at radius 2 is 2.12 bits per heavy atom. The summed E-state index contributed by atoms with van der Waals surface area (Å²) in [4.78, 5) is 24.8. The number of hydrogen-bond donors (Lipinski definition) is 2. The minimum absolute atomic E-state index is 0.126.